The Balaban J connectivity index is 1.37. The minimum Gasteiger partial charge on any atom is -0.337 e. The predicted octanol–water partition coefficient (Wildman–Crippen LogP) is 2.24. The molecule has 1 amide bonds. The summed E-state index contributed by atoms with van der Waals surface area (Å²) in [4.78, 5) is 17.2. The van der Waals surface area contributed by atoms with Gasteiger partial charge in [-0.1, -0.05) is 24.3 Å². The molecule has 1 unspecified atom stereocenters. The molecule has 5 heteroatoms. The Bertz CT molecular complexity index is 754. The van der Waals surface area contributed by atoms with Crippen LogP contribution in [0.2, 0.25) is 0 Å². The molecule has 4 rings (SSSR count). The van der Waals surface area contributed by atoms with Crippen LogP contribution in [0.4, 0.5) is 0 Å². The molecule has 1 aromatic carbocycles. The van der Waals surface area contributed by atoms with Gasteiger partial charge >= 0.3 is 0 Å². The Kier molecular flexibility index (Phi) is 4.57. The number of carbonyl (C=O) groups is 1. The fraction of sp³-hybridized carbons (Fsp3) is 0.500. The lowest BCUT2D eigenvalue weighted by Gasteiger charge is -2.32. The van der Waals surface area contributed by atoms with Crippen molar-refractivity contribution < 1.29 is 4.79 Å². The van der Waals surface area contributed by atoms with Gasteiger partial charge in [-0.05, 0) is 49.4 Å². The van der Waals surface area contributed by atoms with Crippen LogP contribution in [0.3, 0.4) is 0 Å². The first-order valence-electron chi connectivity index (χ1n) is 9.27. The van der Waals surface area contributed by atoms with Gasteiger partial charge in [0.2, 0.25) is 5.91 Å². The fourth-order valence-electron chi connectivity index (χ4n) is 4.08. The monoisotopic (exact) mass is 338 g/mol. The molecule has 25 heavy (non-hydrogen) atoms. The van der Waals surface area contributed by atoms with Crippen LogP contribution in [0.15, 0.2) is 36.7 Å². The largest absolute Gasteiger partial charge is 0.337 e. The van der Waals surface area contributed by atoms with E-state index in [2.05, 4.69) is 47.4 Å². The minimum atomic E-state index is 0.262. The average Bonchev–Trinajstić information content (AvgIpc) is 3.24. The van der Waals surface area contributed by atoms with Gasteiger partial charge in [0, 0.05) is 25.3 Å². The molecule has 0 spiro atoms. The number of hydrogen-bond donors (Lipinski definition) is 0. The summed E-state index contributed by atoms with van der Waals surface area (Å²) in [6.45, 7) is 6.09. The standard InChI is InChI=1S/C20H26N4O/c1-16-11-21-24(12-16)14-19-7-4-9-22(19)15-20(25)23-10-8-17-5-2-3-6-18(17)13-23/h2-3,5-6,11-12,19H,4,7-10,13-15H2,1H3. The van der Waals surface area contributed by atoms with Crippen molar-refractivity contribution in [2.75, 3.05) is 19.6 Å². The maximum atomic E-state index is 12.8. The van der Waals surface area contributed by atoms with Crippen LogP contribution >= 0.6 is 0 Å². The third-order valence-electron chi connectivity index (χ3n) is 5.48. The number of nitrogens with zero attached hydrogens (tertiary/aromatic N) is 4. The Hall–Kier alpha value is -2.14. The van der Waals surface area contributed by atoms with Crippen molar-refractivity contribution in [3.05, 3.63) is 53.3 Å². The molecule has 5 nitrogen and oxygen atoms in total. The Morgan fingerprint density at radius 1 is 1.24 bits per heavy atom. The van der Waals surface area contributed by atoms with E-state index in [1.54, 1.807) is 0 Å². The lowest BCUT2D eigenvalue weighted by Crippen LogP contribution is -2.45. The molecule has 0 radical (unpaired) electrons. The quantitative estimate of drug-likeness (QED) is 0.858. The molecule has 1 saturated heterocycles. The number of benzene rings is 1. The molecular formula is C20H26N4O. The maximum Gasteiger partial charge on any atom is 0.237 e. The first-order valence-corrected chi connectivity index (χ1v) is 9.27. The van der Waals surface area contributed by atoms with Crippen molar-refractivity contribution in [3.63, 3.8) is 0 Å². The van der Waals surface area contributed by atoms with Crippen molar-refractivity contribution in [1.29, 1.82) is 0 Å². The van der Waals surface area contributed by atoms with Crippen LogP contribution in [0, 0.1) is 6.92 Å². The number of carbonyl (C=O) groups excluding carboxylic acids is 1. The Morgan fingerprint density at radius 2 is 2.08 bits per heavy atom. The molecule has 0 saturated carbocycles. The third kappa shape index (κ3) is 3.61. The maximum absolute atomic E-state index is 12.8. The van der Waals surface area contributed by atoms with Crippen LogP contribution in [0.5, 0.6) is 0 Å². The number of likely N-dealkylation sites (tertiary alicyclic amines) is 1. The highest BCUT2D eigenvalue weighted by atomic mass is 16.2. The van der Waals surface area contributed by atoms with Crippen LogP contribution in [0.1, 0.15) is 29.5 Å². The summed E-state index contributed by atoms with van der Waals surface area (Å²) in [6.07, 6.45) is 7.27. The molecular weight excluding hydrogens is 312 g/mol. The molecule has 1 aromatic heterocycles. The molecule has 2 aliphatic rings. The second kappa shape index (κ2) is 7.00. The summed E-state index contributed by atoms with van der Waals surface area (Å²) in [5.41, 5.74) is 3.87. The van der Waals surface area contributed by atoms with Gasteiger partial charge in [0.25, 0.3) is 0 Å². The summed E-state index contributed by atoms with van der Waals surface area (Å²) >= 11 is 0. The number of hydrogen-bond acceptors (Lipinski definition) is 3. The molecule has 0 aliphatic carbocycles. The van der Waals surface area contributed by atoms with Crippen molar-refractivity contribution in [2.24, 2.45) is 0 Å². The number of rotatable bonds is 4. The van der Waals surface area contributed by atoms with E-state index in [-0.39, 0.29) is 5.91 Å². The number of amides is 1. The highest BCUT2D eigenvalue weighted by Crippen LogP contribution is 2.21. The highest BCUT2D eigenvalue weighted by Gasteiger charge is 2.29. The number of aromatic nitrogens is 2. The summed E-state index contributed by atoms with van der Waals surface area (Å²) in [6, 6.07) is 8.89. The lowest BCUT2D eigenvalue weighted by atomic mass is 10.00. The second-order valence-electron chi connectivity index (χ2n) is 7.34. The summed E-state index contributed by atoms with van der Waals surface area (Å²) in [5.74, 6) is 0.262. The molecule has 2 aromatic rings. The SMILES string of the molecule is Cc1cnn(CC2CCCN2CC(=O)N2CCc3ccccc3C2)c1. The van der Waals surface area contributed by atoms with Crippen LogP contribution in [0.25, 0.3) is 0 Å². The summed E-state index contributed by atoms with van der Waals surface area (Å²) in [5, 5.41) is 4.40. The van der Waals surface area contributed by atoms with Gasteiger partial charge in [0.15, 0.2) is 0 Å². The molecule has 2 aliphatic heterocycles. The Labute approximate surface area is 149 Å². The Morgan fingerprint density at radius 3 is 2.88 bits per heavy atom. The van der Waals surface area contributed by atoms with Crippen molar-refractivity contribution in [2.45, 2.75) is 45.3 Å². The number of fused-ring (bicyclic) bond motifs is 1. The topological polar surface area (TPSA) is 41.4 Å². The molecule has 1 fully saturated rings. The van der Waals surface area contributed by atoms with Gasteiger partial charge in [0.1, 0.15) is 0 Å². The molecule has 1 atom stereocenters. The second-order valence-corrected chi connectivity index (χ2v) is 7.34. The minimum absolute atomic E-state index is 0.262. The lowest BCUT2D eigenvalue weighted by molar-refractivity contribution is -0.133. The smallest absolute Gasteiger partial charge is 0.237 e. The van der Waals surface area contributed by atoms with E-state index in [0.29, 0.717) is 12.6 Å². The molecule has 132 valence electrons. The van der Waals surface area contributed by atoms with Gasteiger partial charge in [-0.25, -0.2) is 0 Å². The molecule has 0 N–H and O–H groups in total. The van der Waals surface area contributed by atoms with E-state index in [4.69, 9.17) is 0 Å². The van der Waals surface area contributed by atoms with Crippen molar-refractivity contribution in [1.82, 2.24) is 19.6 Å². The zero-order valence-corrected chi connectivity index (χ0v) is 14.9. The van der Waals surface area contributed by atoms with E-state index in [1.807, 2.05) is 15.8 Å². The number of aryl methyl sites for hydroxylation is 1. The van der Waals surface area contributed by atoms with Crippen molar-refractivity contribution in [3.8, 4) is 0 Å². The third-order valence-corrected chi connectivity index (χ3v) is 5.48. The van der Waals surface area contributed by atoms with Gasteiger partial charge in [-0.15, -0.1) is 0 Å². The van der Waals surface area contributed by atoms with Crippen LogP contribution in [-0.4, -0.2) is 51.2 Å². The van der Waals surface area contributed by atoms with E-state index >= 15 is 0 Å². The van der Waals surface area contributed by atoms with Crippen LogP contribution in [-0.2, 0) is 24.3 Å². The fourth-order valence-corrected chi connectivity index (χ4v) is 4.08. The van der Waals surface area contributed by atoms with E-state index in [1.165, 1.54) is 23.1 Å². The van der Waals surface area contributed by atoms with Gasteiger partial charge in [-0.2, -0.15) is 5.10 Å². The predicted molar refractivity (Wildman–Crippen MR) is 97.1 cm³/mol. The molecule has 3 heterocycles. The van der Waals surface area contributed by atoms with E-state index in [9.17, 15) is 4.79 Å². The van der Waals surface area contributed by atoms with Gasteiger partial charge in [-0.3, -0.25) is 14.4 Å². The van der Waals surface area contributed by atoms with E-state index < -0.39 is 0 Å². The normalized spacial score (nSPS) is 20.7. The summed E-state index contributed by atoms with van der Waals surface area (Å²) in [7, 11) is 0. The first kappa shape index (κ1) is 16.3. The zero-order chi connectivity index (χ0) is 17.2. The average molecular weight is 338 g/mol. The van der Waals surface area contributed by atoms with Gasteiger partial charge < -0.3 is 4.90 Å². The first-order chi connectivity index (χ1) is 12.2. The van der Waals surface area contributed by atoms with Gasteiger partial charge in [0.05, 0.1) is 19.3 Å². The molecule has 0 bridgehead atoms. The zero-order valence-electron chi connectivity index (χ0n) is 14.9. The summed E-state index contributed by atoms with van der Waals surface area (Å²) < 4.78 is 2.01. The van der Waals surface area contributed by atoms with Crippen molar-refractivity contribution >= 4 is 5.91 Å². The van der Waals surface area contributed by atoms with Crippen LogP contribution < -0.4 is 0 Å². The highest BCUT2D eigenvalue weighted by molar-refractivity contribution is 5.78. The van der Waals surface area contributed by atoms with E-state index in [0.717, 1.165) is 39.0 Å².